The summed E-state index contributed by atoms with van der Waals surface area (Å²) in [7, 11) is 0. The molecule has 4 aromatic carbocycles. The molecule has 0 amide bonds. The zero-order valence-electron chi connectivity index (χ0n) is 17.5. The molecule has 0 N–H and O–H groups in total. The molecule has 1 aromatic heterocycles. The molecule has 0 spiro atoms. The molecule has 0 fully saturated rings. The molecule has 3 heterocycles. The van der Waals surface area contributed by atoms with E-state index < -0.39 is 0 Å². The molecule has 31 heavy (non-hydrogen) atoms. The van der Waals surface area contributed by atoms with Gasteiger partial charge in [0.15, 0.2) is 0 Å². The van der Waals surface area contributed by atoms with Gasteiger partial charge in [-0.3, -0.25) is 0 Å². The second-order valence-electron chi connectivity index (χ2n) is 9.27. The lowest BCUT2D eigenvalue weighted by Gasteiger charge is -2.41. The van der Waals surface area contributed by atoms with E-state index in [1.165, 1.54) is 55.0 Å². The average molecular weight is 394 g/mol. The highest BCUT2D eigenvalue weighted by Gasteiger charge is 2.45. The molecule has 0 unspecified atom stereocenters. The van der Waals surface area contributed by atoms with E-state index in [4.69, 9.17) is 0 Å². The maximum absolute atomic E-state index is 10.1. The third kappa shape index (κ3) is 1.85. The van der Waals surface area contributed by atoms with Crippen LogP contribution in [0.15, 0.2) is 78.9 Å². The topological polar surface area (TPSA) is 28.7 Å². The van der Waals surface area contributed by atoms with Crippen LogP contribution in [0.25, 0.3) is 27.5 Å². The molecular weight excluding hydrogens is 375 g/mol. The summed E-state index contributed by atoms with van der Waals surface area (Å²) in [6.07, 6.45) is 0. The molecule has 3 heteroatoms. The Morgan fingerprint density at radius 2 is 1.55 bits per heavy atom. The zero-order valence-corrected chi connectivity index (χ0v) is 17.5. The number of rotatable bonds is 0. The molecule has 0 atom stereocenters. The van der Waals surface area contributed by atoms with Crippen molar-refractivity contribution in [2.24, 2.45) is 0 Å². The molecule has 7 rings (SSSR count). The SMILES string of the molecule is CC1(C)c2cccc(C#N)c2B2c3ccccc3-n3c4ccccc4c4ccc1c2c43. The number of nitrogens with zero attached hydrogens (tertiary/aromatic N) is 2. The minimum absolute atomic E-state index is 0.0746. The van der Waals surface area contributed by atoms with Gasteiger partial charge in [0.2, 0.25) is 6.71 Å². The number of nitriles is 1. The summed E-state index contributed by atoms with van der Waals surface area (Å²) in [5.41, 5.74) is 10.8. The summed E-state index contributed by atoms with van der Waals surface area (Å²) in [6, 6.07) is 30.8. The fourth-order valence-electron chi connectivity index (χ4n) is 6.22. The second kappa shape index (κ2) is 5.48. The van der Waals surface area contributed by atoms with Crippen LogP contribution in [0.5, 0.6) is 0 Å². The first kappa shape index (κ1) is 17.0. The van der Waals surface area contributed by atoms with E-state index in [1.54, 1.807) is 0 Å². The van der Waals surface area contributed by atoms with Crippen molar-refractivity contribution in [1.82, 2.24) is 4.57 Å². The lowest BCUT2D eigenvalue weighted by Crippen LogP contribution is -2.63. The Labute approximate surface area is 181 Å². The van der Waals surface area contributed by atoms with Crippen molar-refractivity contribution in [2.75, 3.05) is 0 Å². The van der Waals surface area contributed by atoms with E-state index in [2.05, 4.69) is 91.2 Å². The molecule has 2 nitrogen and oxygen atoms in total. The van der Waals surface area contributed by atoms with Crippen LogP contribution in [0, 0.1) is 11.3 Å². The van der Waals surface area contributed by atoms with Gasteiger partial charge in [0.25, 0.3) is 0 Å². The largest absolute Gasteiger partial charge is 0.310 e. The standard InChI is InChI=1S/C28H19BN2/c1-28(2)20-10-7-8-17(16-30)25(20)29-22-11-4-6-13-24(22)31-23-12-5-3-9-18(23)19-14-15-21(28)26(29)27(19)31/h3-15H,1-2H3. The van der Waals surface area contributed by atoms with Crippen molar-refractivity contribution < 1.29 is 0 Å². The Hall–Kier alpha value is -3.77. The van der Waals surface area contributed by atoms with Crippen LogP contribution < -0.4 is 16.4 Å². The zero-order chi connectivity index (χ0) is 20.9. The molecule has 0 aliphatic carbocycles. The Balaban J connectivity index is 1.79. The van der Waals surface area contributed by atoms with Gasteiger partial charge in [0, 0.05) is 33.0 Å². The summed E-state index contributed by atoms with van der Waals surface area (Å²) in [4.78, 5) is 0. The molecule has 144 valence electrons. The summed E-state index contributed by atoms with van der Waals surface area (Å²) in [5.74, 6) is 0. The smallest absolute Gasteiger partial charge is 0.249 e. The summed E-state index contributed by atoms with van der Waals surface area (Å²) in [5, 5.41) is 12.6. The van der Waals surface area contributed by atoms with E-state index in [1.807, 2.05) is 12.1 Å². The van der Waals surface area contributed by atoms with E-state index in [0.717, 1.165) is 5.56 Å². The normalized spacial score (nSPS) is 14.9. The van der Waals surface area contributed by atoms with Gasteiger partial charge in [-0.2, -0.15) is 5.26 Å². The monoisotopic (exact) mass is 394 g/mol. The summed E-state index contributed by atoms with van der Waals surface area (Å²) in [6.45, 7) is 4.67. The lowest BCUT2D eigenvalue weighted by atomic mass is 9.30. The molecule has 2 aliphatic rings. The number of para-hydroxylation sites is 2. The molecule has 0 bridgehead atoms. The maximum atomic E-state index is 10.1. The molecule has 2 aliphatic heterocycles. The minimum atomic E-state index is -0.171. The maximum Gasteiger partial charge on any atom is 0.249 e. The Morgan fingerprint density at radius 3 is 2.42 bits per heavy atom. The van der Waals surface area contributed by atoms with Gasteiger partial charge in [-0.15, -0.1) is 0 Å². The fourth-order valence-corrected chi connectivity index (χ4v) is 6.22. The van der Waals surface area contributed by atoms with Crippen molar-refractivity contribution in [3.63, 3.8) is 0 Å². The lowest BCUT2D eigenvalue weighted by molar-refractivity contribution is 0.646. The number of benzene rings is 4. The quantitative estimate of drug-likeness (QED) is 0.356. The first-order valence-electron chi connectivity index (χ1n) is 10.8. The first-order chi connectivity index (χ1) is 15.1. The van der Waals surface area contributed by atoms with Crippen LogP contribution in [-0.2, 0) is 5.41 Å². The van der Waals surface area contributed by atoms with Crippen molar-refractivity contribution in [2.45, 2.75) is 19.3 Å². The molecule has 5 aromatic rings. The molecular formula is C28H19BN2. The Morgan fingerprint density at radius 1 is 0.774 bits per heavy atom. The molecule has 0 saturated heterocycles. The second-order valence-corrected chi connectivity index (χ2v) is 9.27. The summed E-state index contributed by atoms with van der Waals surface area (Å²) < 4.78 is 2.45. The average Bonchev–Trinajstić information content (AvgIpc) is 3.14. The van der Waals surface area contributed by atoms with E-state index >= 15 is 0 Å². The van der Waals surface area contributed by atoms with Crippen molar-refractivity contribution in [1.29, 1.82) is 5.26 Å². The predicted octanol–water partition coefficient (Wildman–Crippen LogP) is 4.12. The fraction of sp³-hybridized carbons (Fsp3) is 0.107. The highest BCUT2D eigenvalue weighted by molar-refractivity contribution is 6.99. The van der Waals surface area contributed by atoms with Gasteiger partial charge in [0.1, 0.15) is 0 Å². The van der Waals surface area contributed by atoms with E-state index in [9.17, 15) is 5.26 Å². The summed E-state index contributed by atoms with van der Waals surface area (Å²) >= 11 is 0. The number of hydrogen-bond acceptors (Lipinski definition) is 1. The number of aromatic nitrogens is 1. The van der Waals surface area contributed by atoms with Crippen LogP contribution in [0.2, 0.25) is 0 Å². The molecule has 0 saturated carbocycles. The van der Waals surface area contributed by atoms with Gasteiger partial charge in [-0.1, -0.05) is 74.5 Å². The predicted molar refractivity (Wildman–Crippen MR) is 129 cm³/mol. The van der Waals surface area contributed by atoms with Crippen molar-refractivity contribution in [3.05, 3.63) is 95.6 Å². The van der Waals surface area contributed by atoms with E-state index in [0.29, 0.717) is 0 Å². The van der Waals surface area contributed by atoms with Crippen molar-refractivity contribution in [3.8, 4) is 11.8 Å². The highest BCUT2D eigenvalue weighted by atomic mass is 15.0. The number of fused-ring (bicyclic) bond motifs is 8. The highest BCUT2D eigenvalue weighted by Crippen LogP contribution is 2.40. The third-order valence-electron chi connectivity index (χ3n) is 7.52. The first-order valence-corrected chi connectivity index (χ1v) is 10.8. The van der Waals surface area contributed by atoms with Crippen LogP contribution in [-0.4, -0.2) is 11.3 Å². The van der Waals surface area contributed by atoms with Crippen LogP contribution in [0.4, 0.5) is 0 Å². The van der Waals surface area contributed by atoms with Gasteiger partial charge in [-0.05, 0) is 45.7 Å². The van der Waals surface area contributed by atoms with Crippen LogP contribution in [0.1, 0.15) is 30.5 Å². The van der Waals surface area contributed by atoms with Gasteiger partial charge < -0.3 is 4.57 Å². The van der Waals surface area contributed by atoms with Crippen molar-refractivity contribution >= 4 is 44.9 Å². The molecule has 0 radical (unpaired) electrons. The third-order valence-corrected chi connectivity index (χ3v) is 7.52. The van der Waals surface area contributed by atoms with Crippen LogP contribution >= 0.6 is 0 Å². The Kier molecular flexibility index (Phi) is 3.00. The van der Waals surface area contributed by atoms with Crippen LogP contribution in [0.3, 0.4) is 0 Å². The minimum Gasteiger partial charge on any atom is -0.310 e. The van der Waals surface area contributed by atoms with E-state index in [-0.39, 0.29) is 12.1 Å². The number of hydrogen-bond donors (Lipinski definition) is 0. The van der Waals surface area contributed by atoms with Gasteiger partial charge in [0.05, 0.1) is 11.6 Å². The van der Waals surface area contributed by atoms with Gasteiger partial charge >= 0.3 is 0 Å². The Bertz CT molecular complexity index is 1630. The van der Waals surface area contributed by atoms with Gasteiger partial charge in [-0.25, -0.2) is 0 Å².